The van der Waals surface area contributed by atoms with Crippen molar-refractivity contribution in [3.05, 3.63) is 29.3 Å². The number of hydrogen-bond donors (Lipinski definition) is 0. The largest absolute Gasteiger partial charge is 0.430 e. The molecule has 1 heterocycles. The van der Waals surface area contributed by atoms with Crippen molar-refractivity contribution in [1.29, 1.82) is 0 Å². The van der Waals surface area contributed by atoms with E-state index in [0.29, 0.717) is 5.46 Å². The molecule has 1 aromatic rings. The van der Waals surface area contributed by atoms with Crippen LogP contribution in [-0.4, -0.2) is 7.48 Å². The van der Waals surface area contributed by atoms with Crippen molar-refractivity contribution >= 4 is 12.9 Å². The smallest absolute Gasteiger partial charge is 0.416 e. The Balaban J connectivity index is 2.54. The summed E-state index contributed by atoms with van der Waals surface area (Å²) in [5.74, 6) is 0. The Morgan fingerprint density at radius 2 is 2.08 bits per heavy atom. The van der Waals surface area contributed by atoms with Gasteiger partial charge in [-0.2, -0.15) is 13.2 Å². The van der Waals surface area contributed by atoms with Gasteiger partial charge in [0, 0.05) is 0 Å². The highest BCUT2D eigenvalue weighted by Gasteiger charge is 2.35. The van der Waals surface area contributed by atoms with Crippen LogP contribution in [0.5, 0.6) is 0 Å². The standard InChI is InChI=1S/C8H5BF3O/c10-8(11,12)6-2-1-3-7-5(6)4-13-9-7/h1-3H,4H2. The highest BCUT2D eigenvalue weighted by Crippen LogP contribution is 2.32. The van der Waals surface area contributed by atoms with E-state index in [1.54, 1.807) is 6.07 Å². The molecule has 1 nitrogen and oxygen atoms in total. The number of rotatable bonds is 0. The van der Waals surface area contributed by atoms with Crippen LogP contribution in [0.15, 0.2) is 18.2 Å². The lowest BCUT2D eigenvalue weighted by Gasteiger charge is -2.10. The van der Waals surface area contributed by atoms with Gasteiger partial charge in [-0.1, -0.05) is 12.1 Å². The maximum Gasteiger partial charge on any atom is 0.416 e. The first kappa shape index (κ1) is 8.63. The molecule has 0 amide bonds. The van der Waals surface area contributed by atoms with Crippen molar-refractivity contribution in [2.75, 3.05) is 0 Å². The molecule has 1 aromatic carbocycles. The summed E-state index contributed by atoms with van der Waals surface area (Å²) >= 11 is 0. The summed E-state index contributed by atoms with van der Waals surface area (Å²) in [6, 6.07) is 4.06. The van der Waals surface area contributed by atoms with Gasteiger partial charge in [-0.05, 0) is 17.1 Å². The molecule has 0 aromatic heterocycles. The van der Waals surface area contributed by atoms with E-state index in [2.05, 4.69) is 0 Å². The molecule has 1 radical (unpaired) electrons. The fourth-order valence-electron chi connectivity index (χ4n) is 1.36. The van der Waals surface area contributed by atoms with Gasteiger partial charge in [-0.15, -0.1) is 0 Å². The normalized spacial score (nSPS) is 15.3. The first-order valence-corrected chi connectivity index (χ1v) is 3.73. The Morgan fingerprint density at radius 1 is 1.31 bits per heavy atom. The summed E-state index contributed by atoms with van der Waals surface area (Å²) in [7, 11) is 1.35. The van der Waals surface area contributed by atoms with Crippen molar-refractivity contribution < 1.29 is 17.8 Å². The van der Waals surface area contributed by atoms with Crippen LogP contribution in [0.2, 0.25) is 0 Å². The first-order valence-electron chi connectivity index (χ1n) is 3.73. The third-order valence-corrected chi connectivity index (χ3v) is 1.96. The minimum absolute atomic E-state index is 0.0189. The molecule has 1 aliphatic rings. The van der Waals surface area contributed by atoms with Gasteiger partial charge in [0.15, 0.2) is 0 Å². The van der Waals surface area contributed by atoms with Gasteiger partial charge in [0.25, 0.3) is 0 Å². The summed E-state index contributed by atoms with van der Waals surface area (Å²) in [4.78, 5) is 0. The Kier molecular flexibility index (Phi) is 1.84. The Bertz CT molecular complexity index is 335. The Morgan fingerprint density at radius 3 is 2.77 bits per heavy atom. The lowest BCUT2D eigenvalue weighted by Crippen LogP contribution is -2.17. The molecule has 0 saturated carbocycles. The number of alkyl halides is 3. The second-order valence-electron chi connectivity index (χ2n) is 2.80. The van der Waals surface area contributed by atoms with Crippen molar-refractivity contribution in [1.82, 2.24) is 0 Å². The molecule has 0 aliphatic carbocycles. The molecule has 0 saturated heterocycles. The second-order valence-corrected chi connectivity index (χ2v) is 2.80. The molecule has 0 spiro atoms. The number of benzene rings is 1. The molecular formula is C8H5BF3O. The zero-order valence-corrected chi connectivity index (χ0v) is 6.56. The van der Waals surface area contributed by atoms with Crippen LogP contribution in [0.3, 0.4) is 0 Å². The minimum Gasteiger partial charge on any atom is -0.430 e. The third-order valence-electron chi connectivity index (χ3n) is 1.96. The van der Waals surface area contributed by atoms with E-state index >= 15 is 0 Å². The van der Waals surface area contributed by atoms with E-state index in [0.717, 1.165) is 6.07 Å². The fraction of sp³-hybridized carbons (Fsp3) is 0.250. The summed E-state index contributed by atoms with van der Waals surface area (Å²) < 4.78 is 41.9. The van der Waals surface area contributed by atoms with E-state index in [9.17, 15) is 13.2 Å². The lowest BCUT2D eigenvalue weighted by molar-refractivity contribution is -0.138. The average Bonchev–Trinajstić information content (AvgIpc) is 2.48. The van der Waals surface area contributed by atoms with Gasteiger partial charge < -0.3 is 4.65 Å². The molecule has 5 heteroatoms. The molecule has 0 N–H and O–H groups in total. The summed E-state index contributed by atoms with van der Waals surface area (Å²) in [5, 5.41) is 0. The van der Waals surface area contributed by atoms with Gasteiger partial charge >= 0.3 is 13.7 Å². The molecule has 0 bridgehead atoms. The van der Waals surface area contributed by atoms with Gasteiger partial charge in [-0.25, -0.2) is 0 Å². The fourth-order valence-corrected chi connectivity index (χ4v) is 1.36. The quantitative estimate of drug-likeness (QED) is 0.556. The summed E-state index contributed by atoms with van der Waals surface area (Å²) in [5.41, 5.74) is 0.156. The molecular weight excluding hydrogens is 180 g/mol. The van der Waals surface area contributed by atoms with Crippen molar-refractivity contribution in [2.45, 2.75) is 12.8 Å². The van der Waals surface area contributed by atoms with E-state index in [1.165, 1.54) is 13.5 Å². The minimum atomic E-state index is -4.28. The van der Waals surface area contributed by atoms with Crippen molar-refractivity contribution in [3.8, 4) is 0 Å². The van der Waals surface area contributed by atoms with Gasteiger partial charge in [0.05, 0.1) is 12.2 Å². The maximum atomic E-state index is 12.4. The number of fused-ring (bicyclic) bond motifs is 1. The third kappa shape index (κ3) is 1.44. The second kappa shape index (κ2) is 2.77. The Hall–Kier alpha value is -0.965. The molecule has 0 fully saturated rings. The van der Waals surface area contributed by atoms with E-state index in [4.69, 9.17) is 4.65 Å². The van der Waals surface area contributed by atoms with Crippen LogP contribution in [0.25, 0.3) is 0 Å². The zero-order valence-electron chi connectivity index (χ0n) is 6.56. The maximum absolute atomic E-state index is 12.4. The molecule has 13 heavy (non-hydrogen) atoms. The zero-order chi connectivity index (χ0) is 9.47. The Labute approximate surface area is 73.8 Å². The monoisotopic (exact) mass is 185 g/mol. The number of halogens is 3. The van der Waals surface area contributed by atoms with Crippen LogP contribution in [0, 0.1) is 0 Å². The van der Waals surface area contributed by atoms with Crippen LogP contribution in [0.1, 0.15) is 11.1 Å². The van der Waals surface area contributed by atoms with Crippen LogP contribution in [-0.2, 0) is 17.4 Å². The van der Waals surface area contributed by atoms with Crippen molar-refractivity contribution in [2.24, 2.45) is 0 Å². The highest BCUT2D eigenvalue weighted by atomic mass is 19.4. The molecule has 0 unspecified atom stereocenters. The van der Waals surface area contributed by atoms with Gasteiger partial charge in [-0.3, -0.25) is 0 Å². The number of hydrogen-bond acceptors (Lipinski definition) is 1. The predicted molar refractivity (Wildman–Crippen MR) is 41.6 cm³/mol. The molecule has 1 aliphatic heterocycles. The first-order chi connectivity index (χ1) is 6.09. The highest BCUT2D eigenvalue weighted by molar-refractivity contribution is 6.48. The van der Waals surface area contributed by atoms with E-state index < -0.39 is 11.7 Å². The summed E-state index contributed by atoms with van der Waals surface area (Å²) in [6.07, 6.45) is -4.28. The van der Waals surface area contributed by atoms with E-state index in [-0.39, 0.29) is 12.2 Å². The molecule has 2 rings (SSSR count). The molecule has 0 atom stereocenters. The lowest BCUT2D eigenvalue weighted by atomic mass is 9.85. The SMILES string of the molecule is FC(F)(F)c1cccc2c1CO[B]2. The van der Waals surface area contributed by atoms with Crippen LogP contribution in [0.4, 0.5) is 13.2 Å². The van der Waals surface area contributed by atoms with Crippen molar-refractivity contribution in [3.63, 3.8) is 0 Å². The molecule has 67 valence electrons. The summed E-state index contributed by atoms with van der Waals surface area (Å²) in [6.45, 7) is 0.0189. The van der Waals surface area contributed by atoms with Crippen LogP contribution < -0.4 is 5.46 Å². The average molecular weight is 185 g/mol. The predicted octanol–water partition coefficient (Wildman–Crippen LogP) is 1.48. The van der Waals surface area contributed by atoms with E-state index in [1.807, 2.05) is 0 Å². The topological polar surface area (TPSA) is 9.23 Å². The van der Waals surface area contributed by atoms with Crippen LogP contribution >= 0.6 is 0 Å². The van der Waals surface area contributed by atoms with Gasteiger partial charge in [0.1, 0.15) is 0 Å². The van der Waals surface area contributed by atoms with Gasteiger partial charge in [0.2, 0.25) is 0 Å².